The zero-order valence-corrected chi connectivity index (χ0v) is 12.6. The summed E-state index contributed by atoms with van der Waals surface area (Å²) in [6.07, 6.45) is 2.73. The van der Waals surface area contributed by atoms with Crippen molar-refractivity contribution in [3.8, 4) is 0 Å². The number of amides is 1. The lowest BCUT2D eigenvalue weighted by Gasteiger charge is -2.19. The highest BCUT2D eigenvalue weighted by atomic mass is 32.2. The first-order valence-electron chi connectivity index (χ1n) is 6.99. The molecule has 3 rings (SSSR count). The molecule has 1 heterocycles. The van der Waals surface area contributed by atoms with Crippen LogP contribution in [0.2, 0.25) is 0 Å². The molecule has 0 saturated heterocycles. The van der Waals surface area contributed by atoms with Gasteiger partial charge in [-0.25, -0.2) is 17.2 Å². The first-order valence-corrected chi connectivity index (χ1v) is 8.65. The van der Waals surface area contributed by atoms with Crippen LogP contribution in [0, 0.1) is 0 Å². The van der Waals surface area contributed by atoms with Gasteiger partial charge in [0.25, 0.3) is 0 Å². The molecule has 118 valence electrons. The normalized spacial score (nSPS) is 25.3. The molecule has 0 spiro atoms. The number of nitrogens with one attached hydrogen (secondary N) is 1. The molecule has 1 unspecified atom stereocenters. The van der Waals surface area contributed by atoms with E-state index in [2.05, 4.69) is 5.32 Å². The summed E-state index contributed by atoms with van der Waals surface area (Å²) in [6.45, 7) is 0. The number of hydrogen-bond acceptors (Lipinski definition) is 3. The van der Waals surface area contributed by atoms with Crippen molar-refractivity contribution < 1.29 is 22.0 Å². The first kappa shape index (κ1) is 15.1. The van der Waals surface area contributed by atoms with Crippen LogP contribution in [0.5, 0.6) is 0 Å². The third-order valence-electron chi connectivity index (χ3n) is 4.00. The molecule has 0 bridgehead atoms. The predicted octanol–water partition coefficient (Wildman–Crippen LogP) is 2.37. The molecule has 0 aromatic heterocycles. The van der Waals surface area contributed by atoms with Gasteiger partial charge in [-0.2, -0.15) is 0 Å². The monoisotopic (exact) mass is 327 g/mol. The largest absolute Gasteiger partial charge is 0.329 e. The summed E-state index contributed by atoms with van der Waals surface area (Å²) in [5.74, 6) is -1.18. The van der Waals surface area contributed by atoms with Crippen LogP contribution in [-0.2, 0) is 14.6 Å². The standard InChI is InChI=1S/C15H15F2NO3S/c16-11-2-1-9(13(17)7-11)8-22(20,21)12-3-4-14-10(5-12)6-15(19)18-14/h1-2,5,13H,3-4,6-8H2,(H,18,19). The molecule has 1 amide bonds. The summed E-state index contributed by atoms with van der Waals surface area (Å²) < 4.78 is 51.6. The lowest BCUT2D eigenvalue weighted by molar-refractivity contribution is -0.118. The van der Waals surface area contributed by atoms with E-state index < -0.39 is 34.0 Å². The van der Waals surface area contributed by atoms with Gasteiger partial charge in [0.05, 0.1) is 12.2 Å². The second-order valence-electron chi connectivity index (χ2n) is 5.63. The molecule has 2 aliphatic carbocycles. The molecule has 1 aliphatic heterocycles. The number of rotatable bonds is 3. The van der Waals surface area contributed by atoms with Gasteiger partial charge in [-0.05, 0) is 36.1 Å². The molecule has 3 aliphatic rings. The molecule has 1 atom stereocenters. The SMILES string of the molecule is O=C1CC2=C(CCC(S(=O)(=O)CC3=CC=C(F)CC3F)=C2)N1. The highest BCUT2D eigenvalue weighted by molar-refractivity contribution is 7.95. The van der Waals surface area contributed by atoms with E-state index in [1.54, 1.807) is 0 Å². The molecule has 4 nitrogen and oxygen atoms in total. The Balaban J connectivity index is 1.82. The third-order valence-corrected chi connectivity index (χ3v) is 5.83. The predicted molar refractivity (Wildman–Crippen MR) is 77.7 cm³/mol. The Hall–Kier alpha value is -1.76. The van der Waals surface area contributed by atoms with Crippen molar-refractivity contribution in [3.05, 3.63) is 45.8 Å². The Bertz CT molecular complexity index is 760. The average molecular weight is 327 g/mol. The number of allylic oxidation sites excluding steroid dienone is 6. The van der Waals surface area contributed by atoms with Gasteiger partial charge in [-0.15, -0.1) is 0 Å². The van der Waals surface area contributed by atoms with Gasteiger partial charge in [0.1, 0.15) is 12.0 Å². The van der Waals surface area contributed by atoms with Gasteiger partial charge >= 0.3 is 0 Å². The Morgan fingerprint density at radius 2 is 2.05 bits per heavy atom. The van der Waals surface area contributed by atoms with Crippen LogP contribution in [0.25, 0.3) is 0 Å². The molecule has 0 saturated carbocycles. The maximum absolute atomic E-state index is 13.8. The summed E-state index contributed by atoms with van der Waals surface area (Å²) in [7, 11) is -3.66. The fourth-order valence-electron chi connectivity index (χ4n) is 2.82. The van der Waals surface area contributed by atoms with E-state index in [9.17, 15) is 22.0 Å². The van der Waals surface area contributed by atoms with Crippen molar-refractivity contribution in [2.75, 3.05) is 5.75 Å². The minimum absolute atomic E-state index is 0.0719. The fourth-order valence-corrected chi connectivity index (χ4v) is 4.45. The van der Waals surface area contributed by atoms with Gasteiger partial charge in [0.15, 0.2) is 9.84 Å². The molecule has 0 radical (unpaired) electrons. The zero-order chi connectivity index (χ0) is 15.9. The number of halogens is 2. The lowest BCUT2D eigenvalue weighted by Crippen LogP contribution is -2.20. The molecule has 0 aromatic carbocycles. The Labute approximate surface area is 127 Å². The molecular weight excluding hydrogens is 312 g/mol. The lowest BCUT2D eigenvalue weighted by atomic mass is 10.0. The summed E-state index contributed by atoms with van der Waals surface area (Å²) in [5.41, 5.74) is 1.53. The van der Waals surface area contributed by atoms with E-state index in [4.69, 9.17) is 0 Å². The van der Waals surface area contributed by atoms with E-state index in [1.165, 1.54) is 12.2 Å². The van der Waals surface area contributed by atoms with E-state index >= 15 is 0 Å². The summed E-state index contributed by atoms with van der Waals surface area (Å²) in [5, 5.41) is 2.70. The molecule has 0 fully saturated rings. The van der Waals surface area contributed by atoms with E-state index in [1.807, 2.05) is 0 Å². The van der Waals surface area contributed by atoms with Gasteiger partial charge in [0, 0.05) is 17.0 Å². The maximum Gasteiger partial charge on any atom is 0.228 e. The highest BCUT2D eigenvalue weighted by Crippen LogP contribution is 2.33. The Morgan fingerprint density at radius 1 is 1.27 bits per heavy atom. The number of carbonyl (C=O) groups is 1. The van der Waals surface area contributed by atoms with Crippen molar-refractivity contribution in [3.63, 3.8) is 0 Å². The van der Waals surface area contributed by atoms with E-state index in [0.29, 0.717) is 12.0 Å². The van der Waals surface area contributed by atoms with Gasteiger partial charge < -0.3 is 5.32 Å². The molecule has 22 heavy (non-hydrogen) atoms. The Kier molecular flexibility index (Phi) is 3.76. The van der Waals surface area contributed by atoms with Crippen LogP contribution in [-0.4, -0.2) is 26.2 Å². The zero-order valence-electron chi connectivity index (χ0n) is 11.7. The van der Waals surface area contributed by atoms with Crippen LogP contribution in [0.1, 0.15) is 25.7 Å². The molecular formula is C15H15F2NO3S. The highest BCUT2D eigenvalue weighted by Gasteiger charge is 2.30. The number of sulfone groups is 1. The van der Waals surface area contributed by atoms with Crippen molar-refractivity contribution in [2.24, 2.45) is 0 Å². The third kappa shape index (κ3) is 2.90. The smallest absolute Gasteiger partial charge is 0.228 e. The van der Waals surface area contributed by atoms with Crippen molar-refractivity contribution in [1.29, 1.82) is 0 Å². The van der Waals surface area contributed by atoms with Gasteiger partial charge in [0.2, 0.25) is 5.91 Å². The summed E-state index contributed by atoms with van der Waals surface area (Å²) in [4.78, 5) is 11.5. The fraction of sp³-hybridized carbons (Fsp3) is 0.400. The van der Waals surface area contributed by atoms with Crippen molar-refractivity contribution in [2.45, 2.75) is 31.9 Å². The van der Waals surface area contributed by atoms with Crippen LogP contribution in [0.3, 0.4) is 0 Å². The number of hydrogen-bond donors (Lipinski definition) is 1. The first-order chi connectivity index (χ1) is 10.3. The van der Waals surface area contributed by atoms with Crippen LogP contribution >= 0.6 is 0 Å². The number of carbonyl (C=O) groups excluding carboxylic acids is 1. The molecule has 0 aromatic rings. The quantitative estimate of drug-likeness (QED) is 0.865. The molecule has 1 N–H and O–H groups in total. The summed E-state index contributed by atoms with van der Waals surface area (Å²) in [6, 6.07) is 0. The van der Waals surface area contributed by atoms with E-state index in [-0.39, 0.29) is 29.2 Å². The second kappa shape index (κ2) is 5.46. The number of alkyl halides is 1. The van der Waals surface area contributed by atoms with Gasteiger partial charge in [-0.3, -0.25) is 4.79 Å². The van der Waals surface area contributed by atoms with Crippen molar-refractivity contribution >= 4 is 15.7 Å². The second-order valence-corrected chi connectivity index (χ2v) is 7.67. The van der Waals surface area contributed by atoms with Crippen LogP contribution in [0.15, 0.2) is 45.8 Å². The minimum atomic E-state index is -3.66. The summed E-state index contributed by atoms with van der Waals surface area (Å²) >= 11 is 0. The minimum Gasteiger partial charge on any atom is -0.329 e. The Morgan fingerprint density at radius 3 is 2.77 bits per heavy atom. The van der Waals surface area contributed by atoms with E-state index in [0.717, 1.165) is 11.8 Å². The average Bonchev–Trinajstić information content (AvgIpc) is 2.81. The topological polar surface area (TPSA) is 63.2 Å². The maximum atomic E-state index is 13.8. The van der Waals surface area contributed by atoms with Gasteiger partial charge in [-0.1, -0.05) is 6.08 Å². The van der Waals surface area contributed by atoms with Crippen LogP contribution < -0.4 is 5.32 Å². The van der Waals surface area contributed by atoms with Crippen molar-refractivity contribution in [1.82, 2.24) is 5.32 Å². The van der Waals surface area contributed by atoms with Crippen LogP contribution in [0.4, 0.5) is 8.78 Å². The molecule has 7 heteroatoms.